The fourth-order valence-corrected chi connectivity index (χ4v) is 2.93. The maximum atomic E-state index is 12.1. The predicted molar refractivity (Wildman–Crippen MR) is 75.2 cm³/mol. The Morgan fingerprint density at radius 3 is 2.10 bits per heavy atom. The molecule has 20 heavy (non-hydrogen) atoms. The molecule has 0 spiro atoms. The van der Waals surface area contributed by atoms with Crippen molar-refractivity contribution >= 4 is 40.8 Å². The zero-order valence-electron chi connectivity index (χ0n) is 10.8. The minimum absolute atomic E-state index is 0.0117. The van der Waals surface area contributed by atoms with Gasteiger partial charge in [-0.05, 0) is 17.5 Å². The van der Waals surface area contributed by atoms with Gasteiger partial charge in [-0.25, -0.2) is 0 Å². The van der Waals surface area contributed by atoms with E-state index in [1.807, 2.05) is 0 Å². The third kappa shape index (κ3) is 2.43. The molecule has 0 heterocycles. The number of halogens is 2. The van der Waals surface area contributed by atoms with E-state index in [1.165, 1.54) is 12.1 Å². The summed E-state index contributed by atoms with van der Waals surface area (Å²) >= 11 is 11.5. The van der Waals surface area contributed by atoms with Gasteiger partial charge in [0.05, 0.1) is 21.9 Å². The molecule has 108 valence electrons. The molecule has 1 aliphatic rings. The second-order valence-electron chi connectivity index (χ2n) is 5.39. The summed E-state index contributed by atoms with van der Waals surface area (Å²) < 4.78 is 0. The zero-order chi connectivity index (χ0) is 15.2. The Hall–Kier alpha value is -1.46. The SMILES string of the molecule is CC1(C)[C@H](C(=O)O)[C@@H]1C(=O)Nc1cc(Cl)c(O)c(Cl)c1. The molecule has 1 aromatic rings. The topological polar surface area (TPSA) is 86.6 Å². The van der Waals surface area contributed by atoms with Crippen LogP contribution in [0, 0.1) is 17.3 Å². The first-order chi connectivity index (χ1) is 9.16. The van der Waals surface area contributed by atoms with E-state index < -0.39 is 29.1 Å². The Morgan fingerprint density at radius 1 is 1.20 bits per heavy atom. The van der Waals surface area contributed by atoms with E-state index in [4.69, 9.17) is 28.3 Å². The zero-order valence-corrected chi connectivity index (χ0v) is 12.3. The fourth-order valence-electron chi connectivity index (χ4n) is 2.45. The molecule has 0 aliphatic heterocycles. The number of carboxylic acid groups (broad SMARTS) is 1. The van der Waals surface area contributed by atoms with Gasteiger partial charge in [-0.15, -0.1) is 0 Å². The summed E-state index contributed by atoms with van der Waals surface area (Å²) in [4.78, 5) is 23.1. The number of rotatable bonds is 3. The van der Waals surface area contributed by atoms with Gasteiger partial charge in [0.1, 0.15) is 0 Å². The number of carbonyl (C=O) groups excluding carboxylic acids is 1. The first kappa shape index (κ1) is 14.9. The molecule has 2 atom stereocenters. The van der Waals surface area contributed by atoms with Crippen LogP contribution in [0.1, 0.15) is 13.8 Å². The summed E-state index contributed by atoms with van der Waals surface area (Å²) in [6.45, 7) is 3.46. The number of benzene rings is 1. The lowest BCUT2D eigenvalue weighted by atomic mass is 10.1. The number of carboxylic acids is 1. The molecule has 7 heteroatoms. The van der Waals surface area contributed by atoms with Gasteiger partial charge in [0.15, 0.2) is 5.75 Å². The molecule has 2 rings (SSSR count). The van der Waals surface area contributed by atoms with E-state index in [1.54, 1.807) is 13.8 Å². The number of amides is 1. The molecule has 1 saturated carbocycles. The number of hydrogen-bond acceptors (Lipinski definition) is 3. The number of aromatic hydroxyl groups is 1. The van der Waals surface area contributed by atoms with Gasteiger partial charge in [0.2, 0.25) is 5.91 Å². The van der Waals surface area contributed by atoms with Crippen molar-refractivity contribution in [3.63, 3.8) is 0 Å². The summed E-state index contributed by atoms with van der Waals surface area (Å²) in [6, 6.07) is 2.71. The van der Waals surface area contributed by atoms with Gasteiger partial charge >= 0.3 is 5.97 Å². The van der Waals surface area contributed by atoms with Crippen LogP contribution in [0.15, 0.2) is 12.1 Å². The van der Waals surface area contributed by atoms with Crippen LogP contribution in [0.2, 0.25) is 10.0 Å². The average Bonchev–Trinajstić information content (AvgIpc) is 2.89. The maximum absolute atomic E-state index is 12.1. The molecule has 1 aromatic carbocycles. The molecule has 0 radical (unpaired) electrons. The second-order valence-corrected chi connectivity index (χ2v) is 6.21. The number of phenolic OH excluding ortho intramolecular Hbond substituents is 1. The highest BCUT2D eigenvalue weighted by molar-refractivity contribution is 6.37. The lowest BCUT2D eigenvalue weighted by molar-refractivity contribution is -0.140. The highest BCUT2D eigenvalue weighted by Crippen LogP contribution is 2.58. The Bertz CT molecular complexity index is 577. The van der Waals surface area contributed by atoms with Crippen molar-refractivity contribution < 1.29 is 19.8 Å². The molecule has 0 saturated heterocycles. The highest BCUT2D eigenvalue weighted by atomic mass is 35.5. The van der Waals surface area contributed by atoms with Crippen molar-refractivity contribution in [1.29, 1.82) is 0 Å². The smallest absolute Gasteiger partial charge is 0.307 e. The summed E-state index contributed by atoms with van der Waals surface area (Å²) in [5, 5.41) is 21.1. The molecular weight excluding hydrogens is 305 g/mol. The van der Waals surface area contributed by atoms with Crippen molar-refractivity contribution in [2.45, 2.75) is 13.8 Å². The van der Waals surface area contributed by atoms with Gasteiger partial charge in [-0.1, -0.05) is 37.0 Å². The van der Waals surface area contributed by atoms with Gasteiger partial charge in [0, 0.05) is 5.69 Å². The fraction of sp³-hybridized carbons (Fsp3) is 0.385. The average molecular weight is 318 g/mol. The van der Waals surface area contributed by atoms with Gasteiger partial charge in [-0.2, -0.15) is 0 Å². The van der Waals surface area contributed by atoms with Gasteiger partial charge in [-0.3, -0.25) is 9.59 Å². The molecule has 1 fully saturated rings. The van der Waals surface area contributed by atoms with E-state index >= 15 is 0 Å². The largest absolute Gasteiger partial charge is 0.505 e. The molecular formula is C13H13Cl2NO4. The minimum atomic E-state index is -0.989. The third-order valence-electron chi connectivity index (χ3n) is 3.66. The van der Waals surface area contributed by atoms with Crippen LogP contribution < -0.4 is 5.32 Å². The number of hydrogen-bond donors (Lipinski definition) is 3. The molecule has 0 bridgehead atoms. The lowest BCUT2D eigenvalue weighted by Crippen LogP contribution is -2.17. The highest BCUT2D eigenvalue weighted by Gasteiger charge is 2.65. The van der Waals surface area contributed by atoms with Crippen molar-refractivity contribution in [3.05, 3.63) is 22.2 Å². The number of nitrogens with one attached hydrogen (secondary N) is 1. The van der Waals surface area contributed by atoms with E-state index in [-0.39, 0.29) is 15.8 Å². The summed E-state index contributed by atoms with van der Waals surface area (Å²) in [6.07, 6.45) is 0. The molecule has 1 amide bonds. The Kier molecular flexibility index (Phi) is 3.60. The number of anilines is 1. The monoisotopic (exact) mass is 317 g/mol. The van der Waals surface area contributed by atoms with Crippen LogP contribution in [0.5, 0.6) is 5.75 Å². The summed E-state index contributed by atoms with van der Waals surface area (Å²) in [7, 11) is 0. The van der Waals surface area contributed by atoms with Gasteiger partial charge < -0.3 is 15.5 Å². The second kappa shape index (κ2) is 4.82. The van der Waals surface area contributed by atoms with Crippen molar-refractivity contribution in [3.8, 4) is 5.75 Å². The van der Waals surface area contributed by atoms with E-state index in [0.29, 0.717) is 5.69 Å². The Morgan fingerprint density at radius 2 is 1.70 bits per heavy atom. The van der Waals surface area contributed by atoms with E-state index in [9.17, 15) is 14.7 Å². The summed E-state index contributed by atoms with van der Waals surface area (Å²) in [5.74, 6) is -2.96. The number of phenols is 1. The third-order valence-corrected chi connectivity index (χ3v) is 4.24. The maximum Gasteiger partial charge on any atom is 0.307 e. The van der Waals surface area contributed by atoms with Crippen LogP contribution in [-0.4, -0.2) is 22.1 Å². The number of carbonyl (C=O) groups is 2. The van der Waals surface area contributed by atoms with Crippen molar-refractivity contribution in [2.24, 2.45) is 17.3 Å². The quantitative estimate of drug-likeness (QED) is 0.748. The van der Waals surface area contributed by atoms with Crippen LogP contribution >= 0.6 is 23.2 Å². The standard InChI is InChI=1S/C13H13Cl2NO4/c1-13(2)8(9(13)12(19)20)11(18)16-5-3-6(14)10(17)7(15)4-5/h3-4,8-9,17H,1-2H3,(H,16,18)(H,19,20)/t8-,9+/m1/s1. The van der Waals surface area contributed by atoms with Crippen molar-refractivity contribution in [2.75, 3.05) is 5.32 Å². The van der Waals surface area contributed by atoms with Crippen LogP contribution in [0.4, 0.5) is 5.69 Å². The molecule has 0 unspecified atom stereocenters. The molecule has 0 aromatic heterocycles. The predicted octanol–water partition coefficient (Wildman–Crippen LogP) is 2.99. The van der Waals surface area contributed by atoms with Crippen LogP contribution in [0.25, 0.3) is 0 Å². The first-order valence-corrected chi connectivity index (χ1v) is 6.63. The molecule has 1 aliphatic carbocycles. The Labute approximate surface area is 125 Å². The van der Waals surface area contributed by atoms with E-state index in [0.717, 1.165) is 0 Å². The van der Waals surface area contributed by atoms with E-state index in [2.05, 4.69) is 5.32 Å². The molecule has 5 nitrogen and oxygen atoms in total. The van der Waals surface area contributed by atoms with Crippen molar-refractivity contribution in [1.82, 2.24) is 0 Å². The normalized spacial score (nSPS) is 23.2. The number of aliphatic carboxylic acids is 1. The molecule has 3 N–H and O–H groups in total. The lowest BCUT2D eigenvalue weighted by Gasteiger charge is -2.08. The minimum Gasteiger partial charge on any atom is -0.505 e. The summed E-state index contributed by atoms with van der Waals surface area (Å²) in [5.41, 5.74) is -0.268. The Balaban J connectivity index is 2.16. The first-order valence-electron chi connectivity index (χ1n) is 5.88. The van der Waals surface area contributed by atoms with Crippen LogP contribution in [-0.2, 0) is 9.59 Å². The van der Waals surface area contributed by atoms with Crippen LogP contribution in [0.3, 0.4) is 0 Å². The van der Waals surface area contributed by atoms with Gasteiger partial charge in [0.25, 0.3) is 0 Å².